The Bertz CT molecular complexity index is 1350. The van der Waals surface area contributed by atoms with Crippen molar-refractivity contribution in [3.8, 4) is 10.4 Å². The van der Waals surface area contributed by atoms with E-state index < -0.39 is 10.5 Å². The zero-order valence-electron chi connectivity index (χ0n) is 14.8. The third-order valence-corrected chi connectivity index (χ3v) is 5.98. The van der Waals surface area contributed by atoms with Gasteiger partial charge in [-0.05, 0) is 51.8 Å². The number of non-ortho nitro benzene ring substituents is 1. The number of hydrogen-bond donors (Lipinski definition) is 1. The van der Waals surface area contributed by atoms with Gasteiger partial charge in [0.1, 0.15) is 0 Å². The lowest BCUT2D eigenvalue weighted by Gasteiger charge is -2.03. The Labute approximate surface area is 189 Å². The molecule has 0 saturated heterocycles. The third-order valence-electron chi connectivity index (χ3n) is 4.00. The van der Waals surface area contributed by atoms with Gasteiger partial charge in [-0.25, -0.2) is 9.78 Å². The van der Waals surface area contributed by atoms with Gasteiger partial charge in [0, 0.05) is 28.2 Å². The number of thiazole rings is 1. The van der Waals surface area contributed by atoms with Crippen LogP contribution in [0.3, 0.4) is 0 Å². The summed E-state index contributed by atoms with van der Waals surface area (Å²) < 4.78 is 7.00. The molecule has 4 aromatic rings. The molecule has 11 heteroatoms. The van der Waals surface area contributed by atoms with Crippen LogP contribution >= 0.6 is 43.2 Å². The molecule has 0 aliphatic rings. The maximum Gasteiger partial charge on any atom is 0.345 e. The Morgan fingerprint density at radius 2 is 1.97 bits per heavy atom. The average molecular weight is 550 g/mol. The van der Waals surface area contributed by atoms with Crippen molar-refractivity contribution in [2.24, 2.45) is 5.10 Å². The highest BCUT2D eigenvalue weighted by molar-refractivity contribution is 9.11. The Morgan fingerprint density at radius 1 is 1.20 bits per heavy atom. The first-order chi connectivity index (χ1) is 14.4. The summed E-state index contributed by atoms with van der Waals surface area (Å²) in [5, 5.41) is 16.0. The Balaban J connectivity index is 1.55. The number of rotatable bonds is 5. The molecule has 30 heavy (non-hydrogen) atoms. The molecule has 2 aromatic heterocycles. The van der Waals surface area contributed by atoms with Gasteiger partial charge in [-0.15, -0.1) is 0 Å². The molecule has 0 saturated carbocycles. The lowest BCUT2D eigenvalue weighted by Crippen LogP contribution is -2.01. The molecule has 0 atom stereocenters. The van der Waals surface area contributed by atoms with Gasteiger partial charge in [0.25, 0.3) is 5.69 Å². The predicted molar refractivity (Wildman–Crippen MR) is 123 cm³/mol. The van der Waals surface area contributed by atoms with Crippen LogP contribution in [0.5, 0.6) is 0 Å². The molecule has 0 bridgehead atoms. The number of nitrogens with zero attached hydrogens (tertiary/aromatic N) is 3. The van der Waals surface area contributed by atoms with Crippen LogP contribution in [0.15, 0.2) is 71.9 Å². The fraction of sp³-hybridized carbons (Fsp3) is 0. The minimum atomic E-state index is -0.463. The molecule has 1 N–H and O–H groups in total. The SMILES string of the molecule is O=c1oc2c(Br)cc(Br)cc2cc1-c1cnc(NN=Cc2ccc([N+](=O)[O-])cc2)s1. The van der Waals surface area contributed by atoms with Crippen molar-refractivity contribution in [2.75, 3.05) is 5.43 Å². The predicted octanol–water partition coefficient (Wildman–Crippen LogP) is 5.80. The number of aromatic nitrogens is 1. The van der Waals surface area contributed by atoms with Crippen molar-refractivity contribution < 1.29 is 9.34 Å². The third kappa shape index (κ3) is 4.32. The number of nitro groups is 1. The normalized spacial score (nSPS) is 11.3. The zero-order valence-corrected chi connectivity index (χ0v) is 18.8. The molecule has 2 heterocycles. The van der Waals surface area contributed by atoms with Crippen LogP contribution in [0.4, 0.5) is 10.8 Å². The summed E-state index contributed by atoms with van der Waals surface area (Å²) in [6.07, 6.45) is 3.09. The summed E-state index contributed by atoms with van der Waals surface area (Å²) >= 11 is 8.07. The summed E-state index contributed by atoms with van der Waals surface area (Å²) in [6, 6.07) is 11.4. The largest absolute Gasteiger partial charge is 0.421 e. The van der Waals surface area contributed by atoms with Gasteiger partial charge in [-0.2, -0.15) is 5.10 Å². The van der Waals surface area contributed by atoms with Gasteiger partial charge in [-0.3, -0.25) is 15.5 Å². The first-order valence-corrected chi connectivity index (χ1v) is 10.7. The number of nitro benzene ring substituents is 1. The van der Waals surface area contributed by atoms with Crippen LogP contribution in [0.25, 0.3) is 21.4 Å². The molecule has 0 spiro atoms. The van der Waals surface area contributed by atoms with E-state index in [-0.39, 0.29) is 5.69 Å². The van der Waals surface area contributed by atoms with Crippen LogP contribution in [0, 0.1) is 10.1 Å². The molecule has 8 nitrogen and oxygen atoms in total. The standard InChI is InChI=1S/C19H10Br2N4O4S/c20-12-5-11-6-14(18(26)29-17(11)15(21)7-12)16-9-22-19(30-16)24-23-8-10-1-3-13(4-2-10)25(27)28/h1-9H,(H,22,24). The van der Waals surface area contributed by atoms with Crippen molar-refractivity contribution in [1.29, 1.82) is 0 Å². The minimum absolute atomic E-state index is 0.0120. The smallest absolute Gasteiger partial charge is 0.345 e. The first kappa shape index (κ1) is 20.4. The highest BCUT2D eigenvalue weighted by Gasteiger charge is 2.13. The highest BCUT2D eigenvalue weighted by atomic mass is 79.9. The van der Waals surface area contributed by atoms with Crippen LogP contribution in [0.1, 0.15) is 5.56 Å². The highest BCUT2D eigenvalue weighted by Crippen LogP contribution is 2.32. The van der Waals surface area contributed by atoms with E-state index in [1.54, 1.807) is 24.4 Å². The molecule has 0 radical (unpaired) electrons. The lowest BCUT2D eigenvalue weighted by molar-refractivity contribution is -0.384. The van der Waals surface area contributed by atoms with Gasteiger partial charge in [0.05, 0.1) is 26.1 Å². The summed E-state index contributed by atoms with van der Waals surface area (Å²) in [6.45, 7) is 0. The number of nitrogens with one attached hydrogen (secondary N) is 1. The second-order valence-electron chi connectivity index (χ2n) is 6.00. The molecular formula is C19H10Br2N4O4S. The molecule has 0 aliphatic carbocycles. The second-order valence-corrected chi connectivity index (χ2v) is 8.80. The molecule has 0 fully saturated rings. The number of fused-ring (bicyclic) bond motifs is 1. The average Bonchev–Trinajstić information content (AvgIpc) is 3.17. The van der Waals surface area contributed by atoms with Crippen LogP contribution < -0.4 is 11.1 Å². The Kier molecular flexibility index (Phi) is 5.75. The van der Waals surface area contributed by atoms with E-state index in [9.17, 15) is 14.9 Å². The summed E-state index contributed by atoms with van der Waals surface area (Å²) in [5.74, 6) is 0. The Morgan fingerprint density at radius 3 is 2.70 bits per heavy atom. The molecule has 4 rings (SSSR count). The van der Waals surface area contributed by atoms with Crippen molar-refractivity contribution >= 4 is 71.2 Å². The van der Waals surface area contributed by atoms with Crippen molar-refractivity contribution in [1.82, 2.24) is 4.98 Å². The van der Waals surface area contributed by atoms with Crippen LogP contribution in [0.2, 0.25) is 0 Å². The molecule has 2 aromatic carbocycles. The molecule has 0 aliphatic heterocycles. The summed E-state index contributed by atoms with van der Waals surface area (Å²) in [4.78, 5) is 27.5. The van der Waals surface area contributed by atoms with Crippen molar-refractivity contribution in [2.45, 2.75) is 0 Å². The van der Waals surface area contributed by atoms with Gasteiger partial charge in [-0.1, -0.05) is 27.3 Å². The molecular weight excluding hydrogens is 540 g/mol. The van der Waals surface area contributed by atoms with E-state index >= 15 is 0 Å². The maximum atomic E-state index is 12.4. The maximum absolute atomic E-state index is 12.4. The van der Waals surface area contributed by atoms with Crippen LogP contribution in [-0.4, -0.2) is 16.1 Å². The molecule has 150 valence electrons. The monoisotopic (exact) mass is 548 g/mol. The van der Waals surface area contributed by atoms with Crippen molar-refractivity contribution in [3.05, 3.63) is 83.7 Å². The van der Waals surface area contributed by atoms with Gasteiger partial charge in [0.2, 0.25) is 5.13 Å². The minimum Gasteiger partial charge on any atom is -0.421 e. The van der Waals surface area contributed by atoms with Gasteiger partial charge in [0.15, 0.2) is 5.58 Å². The van der Waals surface area contributed by atoms with E-state index in [2.05, 4.69) is 47.4 Å². The zero-order chi connectivity index (χ0) is 21.3. The number of anilines is 1. The van der Waals surface area contributed by atoms with E-state index in [0.29, 0.717) is 31.2 Å². The quantitative estimate of drug-likeness (QED) is 0.146. The number of hydrazone groups is 1. The number of hydrogen-bond acceptors (Lipinski definition) is 8. The molecule has 0 unspecified atom stereocenters. The van der Waals surface area contributed by atoms with E-state index in [4.69, 9.17) is 4.42 Å². The lowest BCUT2D eigenvalue weighted by atomic mass is 10.2. The van der Waals surface area contributed by atoms with Gasteiger partial charge < -0.3 is 4.42 Å². The summed E-state index contributed by atoms with van der Waals surface area (Å²) in [5.41, 5.74) is 3.91. The molecule has 0 amide bonds. The van der Waals surface area contributed by atoms with E-state index in [1.165, 1.54) is 29.7 Å². The van der Waals surface area contributed by atoms with E-state index in [0.717, 1.165) is 9.86 Å². The van der Waals surface area contributed by atoms with Crippen LogP contribution in [-0.2, 0) is 0 Å². The van der Waals surface area contributed by atoms with Gasteiger partial charge >= 0.3 is 5.63 Å². The van der Waals surface area contributed by atoms with Crippen molar-refractivity contribution in [3.63, 3.8) is 0 Å². The topological polar surface area (TPSA) is 111 Å². The Hall–Kier alpha value is -2.89. The number of halogens is 2. The first-order valence-electron chi connectivity index (χ1n) is 8.33. The second kappa shape index (κ2) is 8.46. The summed E-state index contributed by atoms with van der Waals surface area (Å²) in [7, 11) is 0. The number of benzene rings is 2. The van der Waals surface area contributed by atoms with E-state index in [1.807, 2.05) is 12.1 Å². The fourth-order valence-corrected chi connectivity index (χ4v) is 4.73. The fourth-order valence-electron chi connectivity index (χ4n) is 2.62.